The Bertz CT molecular complexity index is 560. The van der Waals surface area contributed by atoms with Gasteiger partial charge in [0.05, 0.1) is 11.9 Å². The van der Waals surface area contributed by atoms with Gasteiger partial charge in [-0.25, -0.2) is 0 Å². The van der Waals surface area contributed by atoms with Crippen LogP contribution in [-0.2, 0) is 6.54 Å². The van der Waals surface area contributed by atoms with Gasteiger partial charge < -0.3 is 10.1 Å². The maximum atomic E-state index is 5.77. The first-order chi connectivity index (χ1) is 9.63. The minimum atomic E-state index is 0.627. The molecular weight excluding hydrogens is 318 g/mol. The van der Waals surface area contributed by atoms with Crippen molar-refractivity contribution in [2.45, 2.75) is 20.4 Å². The van der Waals surface area contributed by atoms with E-state index in [-0.39, 0.29) is 0 Å². The van der Waals surface area contributed by atoms with Crippen LogP contribution in [0, 0.1) is 5.92 Å². The van der Waals surface area contributed by atoms with Gasteiger partial charge in [-0.3, -0.25) is 9.97 Å². The van der Waals surface area contributed by atoms with E-state index in [1.807, 2.05) is 18.2 Å². The lowest BCUT2D eigenvalue weighted by Gasteiger charge is -2.09. The van der Waals surface area contributed by atoms with Crippen molar-refractivity contribution in [3.63, 3.8) is 0 Å². The third kappa shape index (κ3) is 4.90. The minimum absolute atomic E-state index is 0.627. The molecule has 2 rings (SSSR count). The Labute approximate surface area is 127 Å². The number of nitrogens with one attached hydrogen (secondary N) is 1. The molecule has 0 amide bonds. The van der Waals surface area contributed by atoms with Crippen molar-refractivity contribution in [2.75, 3.05) is 6.54 Å². The second kappa shape index (κ2) is 7.36. The maximum Gasteiger partial charge on any atom is 0.146 e. The van der Waals surface area contributed by atoms with Crippen molar-refractivity contribution >= 4 is 15.9 Å². The third-order valence-corrected chi connectivity index (χ3v) is 3.00. The normalized spacial score (nSPS) is 10.8. The molecule has 20 heavy (non-hydrogen) atoms. The van der Waals surface area contributed by atoms with Crippen LogP contribution in [0.3, 0.4) is 0 Å². The van der Waals surface area contributed by atoms with Crippen LogP contribution < -0.4 is 10.1 Å². The number of nitrogens with zero attached hydrogens (tertiary/aromatic N) is 2. The Kier molecular flexibility index (Phi) is 5.49. The summed E-state index contributed by atoms with van der Waals surface area (Å²) in [6.45, 7) is 6.08. The van der Waals surface area contributed by atoms with Crippen molar-refractivity contribution < 1.29 is 4.74 Å². The summed E-state index contributed by atoms with van der Waals surface area (Å²) in [5, 5.41) is 3.36. The molecule has 2 heterocycles. The summed E-state index contributed by atoms with van der Waals surface area (Å²) in [5.74, 6) is 2.09. The van der Waals surface area contributed by atoms with E-state index >= 15 is 0 Å². The SMILES string of the molecule is CC(C)CNCc1cc(Oc2cncc(Br)c2)ccn1. The van der Waals surface area contributed by atoms with Crippen LogP contribution >= 0.6 is 15.9 Å². The summed E-state index contributed by atoms with van der Waals surface area (Å²) >= 11 is 3.37. The first-order valence-corrected chi connectivity index (χ1v) is 7.37. The number of aromatic nitrogens is 2. The van der Waals surface area contributed by atoms with Gasteiger partial charge in [0, 0.05) is 29.5 Å². The molecule has 0 aliphatic rings. The summed E-state index contributed by atoms with van der Waals surface area (Å²) in [6.07, 6.45) is 5.16. The topological polar surface area (TPSA) is 47.0 Å². The molecule has 4 nitrogen and oxygen atoms in total. The van der Waals surface area contributed by atoms with Crippen molar-refractivity contribution in [1.29, 1.82) is 0 Å². The van der Waals surface area contributed by atoms with Gasteiger partial charge in [0.15, 0.2) is 0 Å². The van der Waals surface area contributed by atoms with E-state index in [2.05, 4.69) is 45.1 Å². The fourth-order valence-corrected chi connectivity index (χ4v) is 2.03. The molecule has 1 N–H and O–H groups in total. The molecule has 2 aromatic heterocycles. The lowest BCUT2D eigenvalue weighted by atomic mass is 10.2. The third-order valence-electron chi connectivity index (χ3n) is 2.56. The molecule has 0 fully saturated rings. The zero-order valence-corrected chi connectivity index (χ0v) is 13.2. The second-order valence-corrected chi connectivity index (χ2v) is 5.86. The number of halogens is 1. The Morgan fingerprint density at radius 2 is 2.10 bits per heavy atom. The smallest absolute Gasteiger partial charge is 0.146 e. The molecule has 0 bridgehead atoms. The van der Waals surface area contributed by atoms with Crippen LogP contribution in [0.25, 0.3) is 0 Å². The van der Waals surface area contributed by atoms with E-state index in [4.69, 9.17) is 4.74 Å². The molecule has 0 radical (unpaired) electrons. The molecule has 0 aliphatic heterocycles. The lowest BCUT2D eigenvalue weighted by molar-refractivity contribution is 0.477. The van der Waals surface area contributed by atoms with Gasteiger partial charge in [-0.1, -0.05) is 13.8 Å². The molecule has 0 atom stereocenters. The Balaban J connectivity index is 1.99. The van der Waals surface area contributed by atoms with E-state index < -0.39 is 0 Å². The highest BCUT2D eigenvalue weighted by Gasteiger charge is 2.02. The Hall–Kier alpha value is -1.46. The van der Waals surface area contributed by atoms with Gasteiger partial charge in [0.25, 0.3) is 0 Å². The Morgan fingerprint density at radius 3 is 2.85 bits per heavy atom. The zero-order chi connectivity index (χ0) is 14.4. The van der Waals surface area contributed by atoms with Gasteiger partial charge in [0.1, 0.15) is 11.5 Å². The zero-order valence-electron chi connectivity index (χ0n) is 11.6. The van der Waals surface area contributed by atoms with Gasteiger partial charge in [-0.15, -0.1) is 0 Å². The molecule has 0 saturated carbocycles. The monoisotopic (exact) mass is 335 g/mol. The molecule has 106 valence electrons. The Morgan fingerprint density at radius 1 is 1.25 bits per heavy atom. The van der Waals surface area contributed by atoms with E-state index in [1.54, 1.807) is 18.6 Å². The quantitative estimate of drug-likeness (QED) is 0.872. The predicted molar refractivity (Wildman–Crippen MR) is 82.8 cm³/mol. The van der Waals surface area contributed by atoms with Crippen LogP contribution in [0.2, 0.25) is 0 Å². The fourth-order valence-electron chi connectivity index (χ4n) is 1.69. The van der Waals surface area contributed by atoms with Crippen LogP contribution in [0.1, 0.15) is 19.5 Å². The molecular formula is C15H18BrN3O. The van der Waals surface area contributed by atoms with Crippen LogP contribution in [0.15, 0.2) is 41.3 Å². The van der Waals surface area contributed by atoms with Crippen molar-refractivity contribution in [1.82, 2.24) is 15.3 Å². The highest BCUT2D eigenvalue weighted by molar-refractivity contribution is 9.10. The average molecular weight is 336 g/mol. The number of hydrogen-bond donors (Lipinski definition) is 1. The highest BCUT2D eigenvalue weighted by Crippen LogP contribution is 2.23. The molecule has 0 spiro atoms. The van der Waals surface area contributed by atoms with Crippen molar-refractivity contribution in [2.24, 2.45) is 5.92 Å². The summed E-state index contributed by atoms with van der Waals surface area (Å²) < 4.78 is 6.66. The lowest BCUT2D eigenvalue weighted by Crippen LogP contribution is -2.19. The molecule has 0 aromatic carbocycles. The average Bonchev–Trinajstić information content (AvgIpc) is 2.39. The van der Waals surface area contributed by atoms with Gasteiger partial charge in [0.2, 0.25) is 0 Å². The van der Waals surface area contributed by atoms with E-state index in [0.717, 1.165) is 29.0 Å². The van der Waals surface area contributed by atoms with Crippen molar-refractivity contribution in [3.05, 3.63) is 47.0 Å². The van der Waals surface area contributed by atoms with Gasteiger partial charge >= 0.3 is 0 Å². The van der Waals surface area contributed by atoms with Crippen molar-refractivity contribution in [3.8, 4) is 11.5 Å². The molecule has 0 saturated heterocycles. The van der Waals surface area contributed by atoms with Crippen LogP contribution in [-0.4, -0.2) is 16.5 Å². The summed E-state index contributed by atoms with van der Waals surface area (Å²) in [4.78, 5) is 8.40. The fraction of sp³-hybridized carbons (Fsp3) is 0.333. The van der Waals surface area contributed by atoms with Crippen LogP contribution in [0.4, 0.5) is 0 Å². The standard InChI is InChI=1S/C15H18BrN3O/c1-11(2)7-17-9-13-6-14(3-4-19-13)20-15-5-12(16)8-18-10-15/h3-6,8,10-11,17H,7,9H2,1-2H3. The maximum absolute atomic E-state index is 5.77. The second-order valence-electron chi connectivity index (χ2n) is 4.95. The molecule has 5 heteroatoms. The largest absolute Gasteiger partial charge is 0.456 e. The number of pyridine rings is 2. The van der Waals surface area contributed by atoms with Gasteiger partial charge in [-0.2, -0.15) is 0 Å². The van der Waals surface area contributed by atoms with Gasteiger partial charge in [-0.05, 0) is 40.5 Å². The first kappa shape index (κ1) is 14.9. The number of ether oxygens (including phenoxy) is 1. The van der Waals surface area contributed by atoms with E-state index in [1.165, 1.54) is 0 Å². The van der Waals surface area contributed by atoms with Crippen LogP contribution in [0.5, 0.6) is 11.5 Å². The summed E-state index contributed by atoms with van der Waals surface area (Å²) in [5.41, 5.74) is 0.964. The molecule has 0 unspecified atom stereocenters. The summed E-state index contributed by atoms with van der Waals surface area (Å²) in [7, 11) is 0. The van der Waals surface area contributed by atoms with E-state index in [9.17, 15) is 0 Å². The number of hydrogen-bond acceptors (Lipinski definition) is 4. The van der Waals surface area contributed by atoms with E-state index in [0.29, 0.717) is 11.7 Å². The molecule has 0 aliphatic carbocycles. The predicted octanol–water partition coefficient (Wildman–Crippen LogP) is 3.78. The highest BCUT2D eigenvalue weighted by atomic mass is 79.9. The minimum Gasteiger partial charge on any atom is -0.456 e. The first-order valence-electron chi connectivity index (χ1n) is 6.57. The molecule has 2 aromatic rings. The number of rotatable bonds is 6. The summed E-state index contributed by atoms with van der Waals surface area (Å²) in [6, 6.07) is 5.66.